The topological polar surface area (TPSA) is 129 Å². The maximum atomic E-state index is 11.8. The normalized spacial score (nSPS) is 23.3. The predicted octanol–water partition coefficient (Wildman–Crippen LogP) is 2.15. The Morgan fingerprint density at radius 3 is 2.60 bits per heavy atom. The van der Waals surface area contributed by atoms with Crippen LogP contribution in [0.4, 0.5) is 17.2 Å². The number of aromatic nitrogens is 3. The summed E-state index contributed by atoms with van der Waals surface area (Å²) < 4.78 is 23.6. The van der Waals surface area contributed by atoms with Gasteiger partial charge in [0.05, 0.1) is 29.4 Å². The largest absolute Gasteiger partial charge is 0.507 e. The minimum Gasteiger partial charge on any atom is -0.507 e. The summed E-state index contributed by atoms with van der Waals surface area (Å²) in [6.07, 6.45) is 4.62. The van der Waals surface area contributed by atoms with Crippen LogP contribution in [0.25, 0.3) is 11.3 Å². The van der Waals surface area contributed by atoms with Crippen molar-refractivity contribution in [2.75, 3.05) is 53.7 Å². The quantitative estimate of drug-likeness (QED) is 0.449. The van der Waals surface area contributed by atoms with Gasteiger partial charge in [-0.3, -0.25) is 4.90 Å². The first-order chi connectivity index (χ1) is 19.3. The van der Waals surface area contributed by atoms with Gasteiger partial charge in [0.15, 0.2) is 15.7 Å². The fraction of sp³-hybridized carbons (Fsp3) is 0.414. The number of piperazine rings is 1. The summed E-state index contributed by atoms with van der Waals surface area (Å²) >= 11 is 0. The Kier molecular flexibility index (Phi) is 6.98. The van der Waals surface area contributed by atoms with Crippen LogP contribution in [0.1, 0.15) is 25.0 Å². The zero-order valence-electron chi connectivity index (χ0n) is 22.4. The van der Waals surface area contributed by atoms with Crippen molar-refractivity contribution < 1.29 is 13.5 Å². The van der Waals surface area contributed by atoms with Gasteiger partial charge in [-0.1, -0.05) is 18.1 Å². The minimum absolute atomic E-state index is 0.0320. The standard InChI is InChI=1S/C29H33N7O3S/c1-34(24-11-14-40(38,39)19-24)13-4-5-20-15-21(10-12-31-20)36-22-8-9-23(36)18-35(17-22)27-16-26(32-33-29(27)30)25-6-2-3-7-28(25)37/h2-3,6-7,10,12,15-16,22-24,37H,8-9,11,13-14,17-19H2,1H3,(H2,30,33). The molecular weight excluding hydrogens is 526 g/mol. The molecule has 3 unspecified atom stereocenters. The number of benzene rings is 1. The summed E-state index contributed by atoms with van der Waals surface area (Å²) in [5, 5.41) is 18.7. The van der Waals surface area contributed by atoms with Gasteiger partial charge in [-0.05, 0) is 62.6 Å². The molecule has 40 heavy (non-hydrogen) atoms. The van der Waals surface area contributed by atoms with Crippen molar-refractivity contribution >= 4 is 27.0 Å². The molecule has 0 amide bonds. The van der Waals surface area contributed by atoms with Crippen LogP contribution in [-0.2, 0) is 9.84 Å². The molecule has 208 valence electrons. The van der Waals surface area contributed by atoms with Gasteiger partial charge in [-0.2, -0.15) is 0 Å². The Balaban J connectivity index is 1.16. The third-order valence-electron chi connectivity index (χ3n) is 8.22. The molecule has 3 atom stereocenters. The Morgan fingerprint density at radius 1 is 1.10 bits per heavy atom. The van der Waals surface area contributed by atoms with E-state index in [1.165, 1.54) is 0 Å². The molecule has 2 aromatic heterocycles. The number of pyridine rings is 1. The number of aromatic hydroxyl groups is 1. The lowest BCUT2D eigenvalue weighted by atomic mass is 10.1. The highest BCUT2D eigenvalue weighted by atomic mass is 32.2. The SMILES string of the molecule is CN(CC#Cc1cc(N2C3CCC2CN(c2cc(-c4ccccc4O)nnc2N)C3)ccn1)C1CCS(=O)(=O)C1. The average Bonchev–Trinajstić information content (AvgIpc) is 3.44. The molecule has 0 radical (unpaired) electrons. The van der Waals surface area contributed by atoms with E-state index in [9.17, 15) is 13.5 Å². The highest BCUT2D eigenvalue weighted by Gasteiger charge is 2.41. The fourth-order valence-corrected chi connectivity index (χ4v) is 7.95. The Labute approximate surface area is 234 Å². The molecule has 3 aliphatic heterocycles. The monoisotopic (exact) mass is 559 g/mol. The molecule has 0 spiro atoms. The molecule has 2 bridgehead atoms. The Hall–Kier alpha value is -3.88. The molecule has 1 aromatic carbocycles. The molecule has 5 heterocycles. The highest BCUT2D eigenvalue weighted by Crippen LogP contribution is 2.39. The molecule has 3 aliphatic rings. The van der Waals surface area contributed by atoms with Gasteiger partial charge in [0.2, 0.25) is 0 Å². The van der Waals surface area contributed by atoms with Crippen molar-refractivity contribution in [3.8, 4) is 28.8 Å². The van der Waals surface area contributed by atoms with E-state index in [1.54, 1.807) is 12.1 Å². The van der Waals surface area contributed by atoms with E-state index in [0.29, 0.717) is 47.8 Å². The van der Waals surface area contributed by atoms with E-state index in [1.807, 2.05) is 48.5 Å². The summed E-state index contributed by atoms with van der Waals surface area (Å²) in [5.41, 5.74) is 10.2. The number of phenols is 1. The minimum atomic E-state index is -2.92. The van der Waals surface area contributed by atoms with Crippen molar-refractivity contribution in [2.45, 2.75) is 37.4 Å². The summed E-state index contributed by atoms with van der Waals surface area (Å²) in [6.45, 7) is 2.09. The van der Waals surface area contributed by atoms with Crippen LogP contribution < -0.4 is 15.5 Å². The number of fused-ring (bicyclic) bond motifs is 2. The highest BCUT2D eigenvalue weighted by molar-refractivity contribution is 7.91. The second-order valence-corrected chi connectivity index (χ2v) is 13.1. The van der Waals surface area contributed by atoms with Crippen molar-refractivity contribution in [1.29, 1.82) is 0 Å². The van der Waals surface area contributed by atoms with Gasteiger partial charge >= 0.3 is 0 Å². The number of anilines is 3. The lowest BCUT2D eigenvalue weighted by molar-refractivity contribution is 0.293. The van der Waals surface area contributed by atoms with Crippen LogP contribution in [-0.4, -0.2) is 89.9 Å². The molecule has 0 saturated carbocycles. The van der Waals surface area contributed by atoms with Gasteiger partial charge in [0, 0.05) is 48.7 Å². The van der Waals surface area contributed by atoms with Crippen LogP contribution in [0, 0.1) is 11.8 Å². The Morgan fingerprint density at radius 2 is 1.88 bits per heavy atom. The van der Waals surface area contributed by atoms with E-state index >= 15 is 0 Å². The van der Waals surface area contributed by atoms with Crippen LogP contribution >= 0.6 is 0 Å². The zero-order chi connectivity index (χ0) is 27.9. The maximum absolute atomic E-state index is 11.8. The lowest BCUT2D eigenvalue weighted by Gasteiger charge is -2.43. The van der Waals surface area contributed by atoms with E-state index < -0.39 is 9.84 Å². The van der Waals surface area contributed by atoms with E-state index in [0.717, 1.165) is 37.3 Å². The molecule has 6 rings (SSSR count). The first-order valence-corrected chi connectivity index (χ1v) is 15.4. The molecule has 3 N–H and O–H groups in total. The number of rotatable bonds is 5. The molecule has 0 aliphatic carbocycles. The second-order valence-electron chi connectivity index (χ2n) is 10.9. The van der Waals surface area contributed by atoms with Crippen molar-refractivity contribution in [1.82, 2.24) is 20.1 Å². The molecule has 3 fully saturated rings. The van der Waals surface area contributed by atoms with Crippen LogP contribution in [0.3, 0.4) is 0 Å². The smallest absolute Gasteiger partial charge is 0.169 e. The average molecular weight is 560 g/mol. The van der Waals surface area contributed by atoms with Gasteiger partial charge in [0.1, 0.15) is 11.4 Å². The van der Waals surface area contributed by atoms with Crippen molar-refractivity contribution in [3.05, 3.63) is 54.4 Å². The van der Waals surface area contributed by atoms with Crippen LogP contribution in [0.15, 0.2) is 48.7 Å². The number of nitrogens with zero attached hydrogens (tertiary/aromatic N) is 6. The number of hydrogen-bond donors (Lipinski definition) is 2. The number of sulfone groups is 1. The zero-order valence-corrected chi connectivity index (χ0v) is 23.3. The van der Waals surface area contributed by atoms with E-state index in [-0.39, 0.29) is 23.3 Å². The first kappa shape index (κ1) is 26.3. The van der Waals surface area contributed by atoms with E-state index in [4.69, 9.17) is 5.73 Å². The summed E-state index contributed by atoms with van der Waals surface area (Å²) in [7, 11) is -0.988. The lowest BCUT2D eigenvalue weighted by Crippen LogP contribution is -2.54. The van der Waals surface area contributed by atoms with Gasteiger partial charge in [-0.15, -0.1) is 10.2 Å². The number of hydrogen-bond acceptors (Lipinski definition) is 10. The molecule has 3 aromatic rings. The number of nitrogens with two attached hydrogens (primary N) is 1. The van der Waals surface area contributed by atoms with Crippen LogP contribution in [0.5, 0.6) is 5.75 Å². The maximum Gasteiger partial charge on any atom is 0.169 e. The van der Waals surface area contributed by atoms with Crippen molar-refractivity contribution in [3.63, 3.8) is 0 Å². The summed E-state index contributed by atoms with van der Waals surface area (Å²) in [5.74, 6) is 7.37. The Bertz CT molecular complexity index is 1570. The first-order valence-electron chi connectivity index (χ1n) is 13.6. The van der Waals surface area contributed by atoms with Gasteiger partial charge in [-0.25, -0.2) is 13.4 Å². The molecular formula is C29H33N7O3S. The molecule has 11 heteroatoms. The third kappa shape index (κ3) is 5.29. The van der Waals surface area contributed by atoms with Crippen molar-refractivity contribution in [2.24, 2.45) is 0 Å². The summed E-state index contributed by atoms with van der Waals surface area (Å²) in [4.78, 5) is 11.2. The predicted molar refractivity (Wildman–Crippen MR) is 156 cm³/mol. The van der Waals surface area contributed by atoms with Gasteiger partial charge in [0.25, 0.3) is 0 Å². The number of nitrogen functional groups attached to an aromatic ring is 1. The third-order valence-corrected chi connectivity index (χ3v) is 9.97. The van der Waals surface area contributed by atoms with Crippen LogP contribution in [0.2, 0.25) is 0 Å². The number of phenolic OH excluding ortho intramolecular Hbond substituents is 1. The van der Waals surface area contributed by atoms with Gasteiger partial charge < -0.3 is 20.6 Å². The summed E-state index contributed by atoms with van der Waals surface area (Å²) in [6, 6.07) is 13.8. The number of para-hydroxylation sites is 1. The molecule has 10 nitrogen and oxygen atoms in total. The molecule has 3 saturated heterocycles. The fourth-order valence-electron chi connectivity index (χ4n) is 6.14. The van der Waals surface area contributed by atoms with E-state index in [2.05, 4.69) is 36.8 Å². The second kappa shape index (κ2) is 10.6.